The van der Waals surface area contributed by atoms with Crippen molar-refractivity contribution >= 4 is 17.6 Å². The van der Waals surface area contributed by atoms with E-state index in [4.69, 9.17) is 16.2 Å². The van der Waals surface area contributed by atoms with Crippen LogP contribution in [-0.2, 0) is 20.8 Å². The lowest BCUT2D eigenvalue weighted by Gasteiger charge is -2.34. The van der Waals surface area contributed by atoms with Gasteiger partial charge in [-0.15, -0.1) is 0 Å². The van der Waals surface area contributed by atoms with E-state index in [0.717, 1.165) is 32.1 Å². The number of nitrogens with zero attached hydrogens (tertiary/aromatic N) is 1. The van der Waals surface area contributed by atoms with Gasteiger partial charge in [0.25, 0.3) is 0 Å². The number of ether oxygens (including phenoxy) is 1. The number of carbonyl (C=O) groups excluding carboxylic acids is 3. The van der Waals surface area contributed by atoms with Crippen LogP contribution in [0.2, 0.25) is 0 Å². The van der Waals surface area contributed by atoms with Crippen LogP contribution in [0, 0.1) is 11.8 Å². The summed E-state index contributed by atoms with van der Waals surface area (Å²) in [7, 11) is 1.50. The maximum atomic E-state index is 13.9. The number of imidazole rings is 1. The van der Waals surface area contributed by atoms with Gasteiger partial charge in [-0.05, 0) is 36.0 Å². The summed E-state index contributed by atoms with van der Waals surface area (Å²) in [6.07, 6.45) is 3.05. The van der Waals surface area contributed by atoms with Crippen LogP contribution in [-0.4, -0.2) is 104 Å². The molecule has 3 rings (SSSR count). The monoisotopic (exact) mass is 660 g/mol. The molecule has 1 heterocycles. The number of nitrogens with two attached hydrogens (primary N) is 2. The summed E-state index contributed by atoms with van der Waals surface area (Å²) in [6, 6.07) is 2.00. The molecule has 11 N–H and O–H groups in total. The lowest BCUT2D eigenvalue weighted by atomic mass is 9.82. The third kappa shape index (κ3) is 10.5. The van der Waals surface area contributed by atoms with Crippen molar-refractivity contribution < 1.29 is 39.5 Å². The molecule has 0 aliphatic heterocycles. The molecule has 14 nitrogen and oxygen atoms in total. The van der Waals surface area contributed by atoms with Crippen molar-refractivity contribution in [3.05, 3.63) is 48.0 Å². The Morgan fingerprint density at radius 3 is 2.19 bits per heavy atom. The first-order valence-corrected chi connectivity index (χ1v) is 16.3. The molecule has 2 amide bonds. The second-order valence-electron chi connectivity index (χ2n) is 12.9. The Balaban J connectivity index is 1.89. The number of rotatable bonds is 18. The zero-order valence-electron chi connectivity index (χ0n) is 27.4. The van der Waals surface area contributed by atoms with E-state index in [-0.39, 0.29) is 18.3 Å². The molecule has 2 aromatic rings. The normalized spacial score (nSPS) is 19.1. The van der Waals surface area contributed by atoms with Gasteiger partial charge in [0.2, 0.25) is 11.8 Å². The highest BCUT2D eigenvalue weighted by atomic mass is 16.5. The van der Waals surface area contributed by atoms with Crippen molar-refractivity contribution in [3.63, 3.8) is 0 Å². The Bertz CT molecular complexity index is 1250. The Hall–Kier alpha value is -3.40. The summed E-state index contributed by atoms with van der Waals surface area (Å²) < 4.78 is 5.23. The molecule has 1 fully saturated rings. The number of hydrogen-bond acceptors (Lipinski definition) is 11. The number of carbonyl (C=O) groups is 3. The summed E-state index contributed by atoms with van der Waals surface area (Å²) in [6.45, 7) is 2.80. The Morgan fingerprint density at radius 1 is 0.979 bits per heavy atom. The summed E-state index contributed by atoms with van der Waals surface area (Å²) in [5, 5.41) is 46.5. The highest BCUT2D eigenvalue weighted by Crippen LogP contribution is 2.29. The van der Waals surface area contributed by atoms with E-state index in [2.05, 4.69) is 20.6 Å². The molecule has 1 saturated carbocycles. The number of ketones is 1. The predicted molar refractivity (Wildman–Crippen MR) is 174 cm³/mol. The number of Topliss-reactive ketones (excluding diaryl/α,β-unsaturated/α-hetero) is 1. The summed E-state index contributed by atoms with van der Waals surface area (Å²) in [5.41, 5.74) is 13.7. The van der Waals surface area contributed by atoms with Gasteiger partial charge in [-0.1, -0.05) is 58.1 Å². The van der Waals surface area contributed by atoms with Crippen molar-refractivity contribution in [3.8, 4) is 5.75 Å². The second kappa shape index (κ2) is 18.2. The van der Waals surface area contributed by atoms with Crippen LogP contribution in [0.5, 0.6) is 5.75 Å². The molecule has 14 heteroatoms. The van der Waals surface area contributed by atoms with Crippen LogP contribution in [0.4, 0.5) is 0 Å². The van der Waals surface area contributed by atoms with E-state index < -0.39 is 72.6 Å². The smallest absolute Gasteiger partial charge is 0.243 e. The van der Waals surface area contributed by atoms with Gasteiger partial charge in [-0.25, -0.2) is 4.98 Å². The summed E-state index contributed by atoms with van der Waals surface area (Å²) in [5.74, 6) is -2.57. The first-order chi connectivity index (χ1) is 22.4. The largest absolute Gasteiger partial charge is 0.497 e. The SMILES string of the molecule is COc1ccc(C(C(=O)C(N)C(C)C)[C@H](N)C(=O)N[C@@H](Cc2cnc[nH]2)C(=O)N[C@@H](CC2CCCCC2)[C@@H](O)[C@@H](O)[C@H](O)CO)cc1. The van der Waals surface area contributed by atoms with Gasteiger partial charge in [0.15, 0.2) is 5.78 Å². The number of amides is 2. The molecule has 47 heavy (non-hydrogen) atoms. The van der Waals surface area contributed by atoms with Gasteiger partial charge >= 0.3 is 0 Å². The number of aromatic nitrogens is 2. The van der Waals surface area contributed by atoms with Gasteiger partial charge in [0.1, 0.15) is 30.1 Å². The molecule has 8 atom stereocenters. The van der Waals surface area contributed by atoms with E-state index in [9.17, 15) is 34.8 Å². The molecule has 1 aliphatic carbocycles. The minimum Gasteiger partial charge on any atom is -0.497 e. The van der Waals surface area contributed by atoms with E-state index in [1.165, 1.54) is 19.6 Å². The standard InChI is InChI=1S/C33H52N6O8/c1-18(2)27(34)31(44)26(20-9-11-22(47-3)12-10-20)28(35)33(46)39-24(14-21-15-36-17-37-21)32(45)38-23(13-19-7-5-4-6-8-19)29(42)30(43)25(41)16-40/h9-12,15,17-19,23-30,40-43H,4-8,13-14,16,34-35H2,1-3H3,(H,36,37)(H,38,45)(H,39,46)/t23-,24-,25+,26?,27?,28-,29+,30-/m0/s1. The lowest BCUT2D eigenvalue weighted by molar-refractivity contribution is -0.133. The van der Waals surface area contributed by atoms with E-state index in [1.807, 2.05) is 0 Å². The van der Waals surface area contributed by atoms with E-state index in [1.54, 1.807) is 38.1 Å². The second-order valence-corrected chi connectivity index (χ2v) is 12.9. The van der Waals surface area contributed by atoms with Crippen molar-refractivity contribution in [1.82, 2.24) is 20.6 Å². The fourth-order valence-electron chi connectivity index (χ4n) is 6.06. The van der Waals surface area contributed by atoms with Crippen LogP contribution in [0.3, 0.4) is 0 Å². The Kier molecular flexibility index (Phi) is 14.8. The molecule has 2 unspecified atom stereocenters. The Labute approximate surface area is 275 Å². The number of aliphatic hydroxyl groups excluding tert-OH is 4. The third-order valence-electron chi connectivity index (χ3n) is 9.09. The molecule has 0 saturated heterocycles. The minimum absolute atomic E-state index is 0.0367. The first kappa shape index (κ1) is 38.1. The Morgan fingerprint density at radius 2 is 1.64 bits per heavy atom. The summed E-state index contributed by atoms with van der Waals surface area (Å²) >= 11 is 0. The topological polar surface area (TPSA) is 246 Å². The molecule has 0 spiro atoms. The lowest BCUT2D eigenvalue weighted by Crippen LogP contribution is -2.59. The predicted octanol–water partition coefficient (Wildman–Crippen LogP) is -0.361. The highest BCUT2D eigenvalue weighted by Gasteiger charge is 2.39. The van der Waals surface area contributed by atoms with Crippen LogP contribution in [0.15, 0.2) is 36.8 Å². The summed E-state index contributed by atoms with van der Waals surface area (Å²) in [4.78, 5) is 48.2. The number of methoxy groups -OCH3 is 1. The van der Waals surface area contributed by atoms with Crippen molar-refractivity contribution in [2.24, 2.45) is 23.3 Å². The molecule has 1 aromatic heterocycles. The number of aromatic amines is 1. The molecule has 0 bridgehead atoms. The zero-order valence-corrected chi connectivity index (χ0v) is 27.4. The number of aliphatic hydroxyl groups is 4. The van der Waals surface area contributed by atoms with E-state index >= 15 is 0 Å². The van der Waals surface area contributed by atoms with Crippen molar-refractivity contribution in [1.29, 1.82) is 0 Å². The minimum atomic E-state index is -1.73. The van der Waals surface area contributed by atoms with Crippen LogP contribution >= 0.6 is 0 Å². The van der Waals surface area contributed by atoms with Crippen LogP contribution in [0.25, 0.3) is 0 Å². The first-order valence-electron chi connectivity index (χ1n) is 16.3. The highest BCUT2D eigenvalue weighted by molar-refractivity contribution is 5.98. The third-order valence-corrected chi connectivity index (χ3v) is 9.09. The van der Waals surface area contributed by atoms with Gasteiger partial charge in [-0.3, -0.25) is 14.4 Å². The van der Waals surface area contributed by atoms with Gasteiger partial charge in [0.05, 0.1) is 44.1 Å². The fraction of sp³-hybridized carbons (Fsp3) is 0.636. The zero-order chi connectivity index (χ0) is 34.7. The molecule has 1 aromatic carbocycles. The number of H-pyrrole nitrogens is 1. The maximum Gasteiger partial charge on any atom is 0.243 e. The molecule has 0 radical (unpaired) electrons. The fourth-order valence-corrected chi connectivity index (χ4v) is 6.06. The molecule has 262 valence electrons. The molecular weight excluding hydrogens is 608 g/mol. The van der Waals surface area contributed by atoms with Crippen LogP contribution < -0.4 is 26.8 Å². The van der Waals surface area contributed by atoms with Crippen molar-refractivity contribution in [2.75, 3.05) is 13.7 Å². The van der Waals surface area contributed by atoms with Gasteiger partial charge in [0, 0.05) is 18.3 Å². The quantitative estimate of drug-likeness (QED) is 0.0999. The van der Waals surface area contributed by atoms with Crippen LogP contribution in [0.1, 0.15) is 69.5 Å². The average Bonchev–Trinajstić information content (AvgIpc) is 3.60. The number of hydrogen-bond donors (Lipinski definition) is 9. The molecule has 1 aliphatic rings. The van der Waals surface area contributed by atoms with Gasteiger partial charge < -0.3 is 52.2 Å². The number of nitrogens with one attached hydrogen (secondary N) is 3. The number of benzene rings is 1. The van der Waals surface area contributed by atoms with Gasteiger partial charge in [-0.2, -0.15) is 0 Å². The van der Waals surface area contributed by atoms with Crippen molar-refractivity contribution in [2.45, 2.75) is 107 Å². The molecular formula is C33H52N6O8. The maximum absolute atomic E-state index is 13.9. The average molecular weight is 661 g/mol. The van der Waals surface area contributed by atoms with E-state index in [0.29, 0.717) is 23.4 Å².